The van der Waals surface area contributed by atoms with Crippen molar-refractivity contribution in [3.05, 3.63) is 71.8 Å². The van der Waals surface area contributed by atoms with Crippen LogP contribution in [0.15, 0.2) is 59.8 Å². The highest BCUT2D eigenvalue weighted by atomic mass is 32.2. The third-order valence-electron chi connectivity index (χ3n) is 5.11. The number of nitrogens with zero attached hydrogens (tertiary/aromatic N) is 1. The molecule has 32 heavy (non-hydrogen) atoms. The van der Waals surface area contributed by atoms with Crippen molar-refractivity contribution in [2.75, 3.05) is 19.4 Å². The quantitative estimate of drug-likeness (QED) is 0.532. The second-order valence-corrected chi connectivity index (χ2v) is 9.65. The van der Waals surface area contributed by atoms with Gasteiger partial charge in [0.2, 0.25) is 0 Å². The molecule has 0 bridgehead atoms. The van der Waals surface area contributed by atoms with Gasteiger partial charge in [-0.15, -0.1) is 0 Å². The van der Waals surface area contributed by atoms with Crippen LogP contribution in [-0.2, 0) is 21.0 Å². The van der Waals surface area contributed by atoms with E-state index in [-0.39, 0.29) is 17.3 Å². The number of benzene rings is 2. The maximum Gasteiger partial charge on any atom is 0.407 e. The second kappa shape index (κ2) is 9.99. The minimum atomic E-state index is -3.47. The summed E-state index contributed by atoms with van der Waals surface area (Å²) in [6.07, 6.45) is 5.82. The molecule has 0 saturated heterocycles. The van der Waals surface area contributed by atoms with E-state index in [0.717, 1.165) is 29.4 Å². The lowest BCUT2D eigenvalue weighted by Gasteiger charge is -2.15. The molecule has 6 nitrogen and oxygen atoms in total. The second-order valence-electron chi connectivity index (χ2n) is 7.63. The fourth-order valence-corrected chi connectivity index (χ4v) is 4.02. The van der Waals surface area contributed by atoms with Gasteiger partial charge in [-0.3, -0.25) is 0 Å². The number of halogens is 1. The molecule has 0 unspecified atom stereocenters. The summed E-state index contributed by atoms with van der Waals surface area (Å²) in [5.41, 5.74) is 3.96. The van der Waals surface area contributed by atoms with Crippen LogP contribution in [0.2, 0.25) is 0 Å². The van der Waals surface area contributed by atoms with Crippen molar-refractivity contribution in [2.45, 2.75) is 31.6 Å². The van der Waals surface area contributed by atoms with Crippen molar-refractivity contribution in [1.29, 1.82) is 0 Å². The Bertz CT molecular complexity index is 1200. The summed E-state index contributed by atoms with van der Waals surface area (Å²) >= 11 is 0. The summed E-state index contributed by atoms with van der Waals surface area (Å²) in [6.45, 7) is 4.68. The van der Waals surface area contributed by atoms with Crippen LogP contribution in [0.1, 0.15) is 24.5 Å². The van der Waals surface area contributed by atoms with Gasteiger partial charge in [-0.05, 0) is 65.9 Å². The van der Waals surface area contributed by atoms with Gasteiger partial charge >= 0.3 is 6.09 Å². The Hall–Kier alpha value is -3.13. The monoisotopic (exact) mass is 458 g/mol. The zero-order valence-electron chi connectivity index (χ0n) is 18.4. The number of ether oxygens (including phenoxy) is 1. The zero-order chi connectivity index (χ0) is 23.3. The summed E-state index contributed by atoms with van der Waals surface area (Å²) in [7, 11) is -3.47. The van der Waals surface area contributed by atoms with Gasteiger partial charge in [-0.1, -0.05) is 19.1 Å². The van der Waals surface area contributed by atoms with Crippen LogP contribution in [0.25, 0.3) is 16.8 Å². The average Bonchev–Trinajstić information content (AvgIpc) is 3.21. The molecule has 2 aromatic carbocycles. The number of carbonyl (C=O) groups excluding carboxylic acids is 1. The van der Waals surface area contributed by atoms with Crippen LogP contribution < -0.4 is 5.32 Å². The Morgan fingerprint density at radius 2 is 1.88 bits per heavy atom. The molecule has 0 aliphatic heterocycles. The number of rotatable bonds is 8. The van der Waals surface area contributed by atoms with E-state index in [2.05, 4.69) is 5.32 Å². The fraction of sp³-hybridized carbons (Fsp3) is 0.292. The molecular formula is C24H27FN2O4S. The lowest BCUT2D eigenvalue weighted by atomic mass is 9.99. The van der Waals surface area contributed by atoms with Crippen molar-refractivity contribution in [3.63, 3.8) is 0 Å². The number of hydrogen-bond donors (Lipinski definition) is 1. The van der Waals surface area contributed by atoms with Gasteiger partial charge in [0.1, 0.15) is 5.82 Å². The lowest BCUT2D eigenvalue weighted by Crippen LogP contribution is -2.25. The van der Waals surface area contributed by atoms with Crippen LogP contribution in [0.5, 0.6) is 0 Å². The predicted molar refractivity (Wildman–Crippen MR) is 122 cm³/mol. The molecule has 1 N–H and O–H groups in total. The first kappa shape index (κ1) is 23.5. The Labute approximate surface area is 188 Å². The third-order valence-corrected chi connectivity index (χ3v) is 6.20. The van der Waals surface area contributed by atoms with Crippen LogP contribution in [0.4, 0.5) is 9.18 Å². The van der Waals surface area contributed by atoms with E-state index in [1.807, 2.05) is 36.9 Å². The van der Waals surface area contributed by atoms with Gasteiger partial charge in [0.05, 0.1) is 11.5 Å². The van der Waals surface area contributed by atoms with E-state index in [9.17, 15) is 17.6 Å². The first-order valence-electron chi connectivity index (χ1n) is 10.4. The van der Waals surface area contributed by atoms with Gasteiger partial charge in [0.15, 0.2) is 9.84 Å². The van der Waals surface area contributed by atoms with Gasteiger partial charge in [0, 0.05) is 37.3 Å². The van der Waals surface area contributed by atoms with E-state index < -0.39 is 15.9 Å². The van der Waals surface area contributed by atoms with Crippen molar-refractivity contribution in [2.24, 2.45) is 0 Å². The van der Waals surface area contributed by atoms with Gasteiger partial charge in [0.25, 0.3) is 0 Å². The highest BCUT2D eigenvalue weighted by molar-refractivity contribution is 7.90. The average molecular weight is 459 g/mol. The zero-order valence-corrected chi connectivity index (χ0v) is 19.2. The minimum Gasteiger partial charge on any atom is -0.449 e. The Balaban J connectivity index is 1.90. The molecule has 0 radical (unpaired) electrons. The molecule has 3 aromatic rings. The Morgan fingerprint density at radius 3 is 2.53 bits per heavy atom. The lowest BCUT2D eigenvalue weighted by molar-refractivity contribution is 0.147. The third kappa shape index (κ3) is 5.76. The summed E-state index contributed by atoms with van der Waals surface area (Å²) in [6, 6.07) is 11.1. The largest absolute Gasteiger partial charge is 0.449 e. The standard InChI is InChI=1S/C24H27FN2O4S/c1-4-11-26-24(28)31-13-10-18-9-12-27(16-18)23-15-21(32(3,29)30)14-22(17(23)2)19-5-7-20(25)8-6-19/h5-9,12,14-16H,4,10-11,13H2,1-3H3,(H,26,28). The normalized spacial score (nSPS) is 11.4. The fourth-order valence-electron chi connectivity index (χ4n) is 3.36. The number of sulfone groups is 1. The maximum absolute atomic E-state index is 13.4. The van der Waals surface area contributed by atoms with Gasteiger partial charge in [-0.2, -0.15) is 0 Å². The van der Waals surface area contributed by atoms with E-state index in [4.69, 9.17) is 4.74 Å². The highest BCUT2D eigenvalue weighted by Gasteiger charge is 2.16. The number of aromatic nitrogens is 1. The number of alkyl carbamates (subject to hydrolysis) is 1. The molecule has 170 valence electrons. The van der Waals surface area contributed by atoms with Crippen molar-refractivity contribution in [3.8, 4) is 16.8 Å². The molecule has 0 fully saturated rings. The number of carbonyl (C=O) groups is 1. The summed E-state index contributed by atoms with van der Waals surface area (Å²) in [5, 5.41) is 2.66. The maximum atomic E-state index is 13.4. The SMILES string of the molecule is CCCNC(=O)OCCc1ccn(-c2cc(S(C)(=O)=O)cc(-c3ccc(F)cc3)c2C)c1. The summed E-state index contributed by atoms with van der Waals surface area (Å²) < 4.78 is 45.1. The van der Waals surface area contributed by atoms with E-state index in [0.29, 0.717) is 24.2 Å². The van der Waals surface area contributed by atoms with E-state index in [1.54, 1.807) is 24.3 Å². The van der Waals surface area contributed by atoms with E-state index >= 15 is 0 Å². The molecular weight excluding hydrogens is 431 g/mol. The summed E-state index contributed by atoms with van der Waals surface area (Å²) in [5.74, 6) is -0.355. The number of hydrogen-bond acceptors (Lipinski definition) is 4. The number of nitrogens with one attached hydrogen (secondary N) is 1. The number of amides is 1. The molecule has 1 amide bonds. The van der Waals surface area contributed by atoms with Crippen molar-refractivity contribution in [1.82, 2.24) is 9.88 Å². The smallest absolute Gasteiger partial charge is 0.407 e. The van der Waals surface area contributed by atoms with Crippen LogP contribution >= 0.6 is 0 Å². The molecule has 3 rings (SSSR count). The molecule has 8 heteroatoms. The molecule has 0 aliphatic carbocycles. The first-order chi connectivity index (χ1) is 15.2. The Kier molecular flexibility index (Phi) is 7.35. The first-order valence-corrected chi connectivity index (χ1v) is 12.3. The van der Waals surface area contributed by atoms with Crippen LogP contribution in [0, 0.1) is 12.7 Å². The summed E-state index contributed by atoms with van der Waals surface area (Å²) in [4.78, 5) is 11.8. The van der Waals surface area contributed by atoms with Gasteiger partial charge < -0.3 is 14.6 Å². The molecule has 0 saturated carbocycles. The van der Waals surface area contributed by atoms with Crippen LogP contribution in [0.3, 0.4) is 0 Å². The molecule has 1 heterocycles. The van der Waals surface area contributed by atoms with Crippen LogP contribution in [-0.4, -0.2) is 38.5 Å². The highest BCUT2D eigenvalue weighted by Crippen LogP contribution is 2.32. The minimum absolute atomic E-state index is 0.184. The molecule has 0 aliphatic rings. The molecule has 0 spiro atoms. The van der Waals surface area contributed by atoms with E-state index in [1.165, 1.54) is 12.1 Å². The van der Waals surface area contributed by atoms with Gasteiger partial charge in [-0.25, -0.2) is 17.6 Å². The Morgan fingerprint density at radius 1 is 1.16 bits per heavy atom. The molecule has 0 atom stereocenters. The predicted octanol–water partition coefficient (Wildman–Crippen LogP) is 4.67. The molecule has 1 aromatic heterocycles. The topological polar surface area (TPSA) is 77.4 Å². The van der Waals surface area contributed by atoms with Crippen molar-refractivity contribution >= 4 is 15.9 Å². The van der Waals surface area contributed by atoms with Crippen molar-refractivity contribution < 1.29 is 22.3 Å².